The number of hydrogen-bond acceptors (Lipinski definition) is 9. The van der Waals surface area contributed by atoms with Crippen LogP contribution in [-0.4, -0.2) is 47.9 Å². The lowest BCUT2D eigenvalue weighted by molar-refractivity contribution is -0.384. The largest absolute Gasteiger partial charge is 0.466 e. The second kappa shape index (κ2) is 11.3. The smallest absolute Gasteiger partial charge is 0.336 e. The van der Waals surface area contributed by atoms with Crippen LogP contribution in [0, 0.1) is 16.0 Å². The zero-order valence-corrected chi connectivity index (χ0v) is 19.3. The van der Waals surface area contributed by atoms with Gasteiger partial charge in [-0.05, 0) is 40.2 Å². The minimum absolute atomic E-state index is 0.0793. The van der Waals surface area contributed by atoms with Crippen molar-refractivity contribution in [2.75, 3.05) is 13.2 Å². The summed E-state index contributed by atoms with van der Waals surface area (Å²) in [6.45, 7) is 8.28. The van der Waals surface area contributed by atoms with E-state index in [1.54, 1.807) is 40.7 Å². The zero-order chi connectivity index (χ0) is 24.7. The molecule has 178 valence electrons. The fourth-order valence-electron chi connectivity index (χ4n) is 3.64. The van der Waals surface area contributed by atoms with Gasteiger partial charge in [0, 0.05) is 29.5 Å². The van der Waals surface area contributed by atoms with Crippen molar-refractivity contribution in [3.63, 3.8) is 0 Å². The van der Waals surface area contributed by atoms with Gasteiger partial charge >= 0.3 is 17.9 Å². The van der Waals surface area contributed by atoms with Gasteiger partial charge in [-0.3, -0.25) is 24.7 Å². The van der Waals surface area contributed by atoms with E-state index in [0.29, 0.717) is 17.0 Å². The molecule has 0 saturated heterocycles. The van der Waals surface area contributed by atoms with Crippen molar-refractivity contribution < 1.29 is 33.5 Å². The van der Waals surface area contributed by atoms with Crippen LogP contribution in [0.15, 0.2) is 40.5 Å². The highest BCUT2D eigenvalue weighted by Gasteiger charge is 2.43. The lowest BCUT2D eigenvalue weighted by Gasteiger charge is -2.32. The molecule has 10 nitrogen and oxygen atoms in total. The summed E-state index contributed by atoms with van der Waals surface area (Å²) in [5.41, 5.74) is 1.00. The Kier molecular flexibility index (Phi) is 8.84. The predicted molar refractivity (Wildman–Crippen MR) is 119 cm³/mol. The third kappa shape index (κ3) is 6.47. The van der Waals surface area contributed by atoms with Crippen LogP contribution in [0.5, 0.6) is 0 Å². The minimum Gasteiger partial charge on any atom is -0.466 e. The summed E-state index contributed by atoms with van der Waals surface area (Å²) in [7, 11) is 0. The van der Waals surface area contributed by atoms with Gasteiger partial charge in [0.1, 0.15) is 12.5 Å². The Balaban J connectivity index is 2.49. The molecule has 0 N–H and O–H groups in total. The first-order chi connectivity index (χ1) is 15.6. The second-order valence-corrected chi connectivity index (χ2v) is 7.74. The molecule has 2 atom stereocenters. The SMILES string of the molecule is CCOC(=O)CCOC(=O)C1=C(C)N=C(C)C(C(=O)OC(C)C)C1c1cccc([N+](=O)[O-])c1. The van der Waals surface area contributed by atoms with Crippen LogP contribution in [0.25, 0.3) is 0 Å². The van der Waals surface area contributed by atoms with Gasteiger partial charge < -0.3 is 14.2 Å². The summed E-state index contributed by atoms with van der Waals surface area (Å²) < 4.78 is 15.5. The Labute approximate surface area is 191 Å². The van der Waals surface area contributed by atoms with Gasteiger partial charge in [-0.25, -0.2) is 4.79 Å². The topological polar surface area (TPSA) is 134 Å². The number of hydrogen-bond donors (Lipinski definition) is 0. The summed E-state index contributed by atoms with van der Waals surface area (Å²) in [4.78, 5) is 52.8. The van der Waals surface area contributed by atoms with Crippen LogP contribution in [-0.2, 0) is 28.6 Å². The summed E-state index contributed by atoms with van der Waals surface area (Å²) in [6.07, 6.45) is -0.544. The van der Waals surface area contributed by atoms with E-state index in [4.69, 9.17) is 14.2 Å². The third-order valence-electron chi connectivity index (χ3n) is 4.94. The van der Waals surface area contributed by atoms with Crippen molar-refractivity contribution in [1.29, 1.82) is 0 Å². The number of allylic oxidation sites excluding steroid dienone is 1. The molecule has 0 saturated carbocycles. The van der Waals surface area contributed by atoms with E-state index in [1.807, 2.05) is 0 Å². The van der Waals surface area contributed by atoms with E-state index < -0.39 is 40.8 Å². The molecule has 1 aliphatic heterocycles. The average Bonchev–Trinajstić information content (AvgIpc) is 2.72. The van der Waals surface area contributed by atoms with E-state index in [9.17, 15) is 24.5 Å². The molecule has 1 aromatic rings. The number of rotatable bonds is 9. The standard InChI is InChI=1S/C23H28N2O8/c1-6-31-18(26)10-11-32-22(27)19-14(4)24-15(5)20(23(28)33-13(2)3)21(19)16-8-7-9-17(12-16)25(29)30/h7-9,12-13,20-21H,6,10-11H2,1-5H3. The monoisotopic (exact) mass is 460 g/mol. The van der Waals surface area contributed by atoms with E-state index in [2.05, 4.69) is 4.99 Å². The number of non-ortho nitro benzene ring substituents is 1. The Hall–Kier alpha value is -3.56. The van der Waals surface area contributed by atoms with E-state index in [0.717, 1.165) is 0 Å². The highest BCUT2D eigenvalue weighted by atomic mass is 16.6. The van der Waals surface area contributed by atoms with Crippen LogP contribution in [0.3, 0.4) is 0 Å². The number of nitro groups is 1. The molecule has 0 bridgehead atoms. The van der Waals surface area contributed by atoms with Gasteiger partial charge in [0.15, 0.2) is 0 Å². The number of nitrogens with zero attached hydrogens (tertiary/aromatic N) is 2. The summed E-state index contributed by atoms with van der Waals surface area (Å²) in [5, 5.41) is 11.3. The van der Waals surface area contributed by atoms with Crippen molar-refractivity contribution in [1.82, 2.24) is 0 Å². The van der Waals surface area contributed by atoms with Crippen molar-refractivity contribution in [2.45, 2.75) is 53.1 Å². The number of carbonyl (C=O) groups excluding carboxylic acids is 3. The first-order valence-corrected chi connectivity index (χ1v) is 10.6. The molecule has 1 heterocycles. The lowest BCUT2D eigenvalue weighted by Crippen LogP contribution is -2.37. The van der Waals surface area contributed by atoms with Crippen LogP contribution in [0.1, 0.15) is 52.5 Å². The maximum atomic E-state index is 13.1. The molecule has 10 heteroatoms. The van der Waals surface area contributed by atoms with Crippen LogP contribution < -0.4 is 0 Å². The molecule has 33 heavy (non-hydrogen) atoms. The fourth-order valence-corrected chi connectivity index (χ4v) is 3.64. The van der Waals surface area contributed by atoms with Gasteiger partial charge in [0.25, 0.3) is 5.69 Å². The molecule has 2 unspecified atom stereocenters. The second-order valence-electron chi connectivity index (χ2n) is 7.74. The maximum Gasteiger partial charge on any atom is 0.336 e. The first-order valence-electron chi connectivity index (χ1n) is 10.6. The van der Waals surface area contributed by atoms with Gasteiger partial charge in [-0.15, -0.1) is 0 Å². The molecule has 1 aromatic carbocycles. The number of carbonyl (C=O) groups is 3. The number of ether oxygens (including phenoxy) is 3. The summed E-state index contributed by atoms with van der Waals surface area (Å²) in [6, 6.07) is 5.73. The van der Waals surface area contributed by atoms with Crippen LogP contribution in [0.2, 0.25) is 0 Å². The van der Waals surface area contributed by atoms with E-state index in [1.165, 1.54) is 18.2 Å². The average molecular weight is 460 g/mol. The summed E-state index contributed by atoms with van der Waals surface area (Å²) in [5.74, 6) is -3.78. The normalized spacial score (nSPS) is 17.9. The molecule has 0 aromatic heterocycles. The molecule has 1 aliphatic rings. The van der Waals surface area contributed by atoms with Crippen molar-refractivity contribution >= 4 is 29.3 Å². The van der Waals surface area contributed by atoms with E-state index >= 15 is 0 Å². The number of aliphatic imine (C=N–C) groups is 1. The molecule has 0 fully saturated rings. The van der Waals surface area contributed by atoms with Crippen molar-refractivity contribution in [2.24, 2.45) is 10.9 Å². The summed E-state index contributed by atoms with van der Waals surface area (Å²) >= 11 is 0. The highest BCUT2D eigenvalue weighted by molar-refractivity contribution is 6.07. The van der Waals surface area contributed by atoms with Gasteiger partial charge in [0.2, 0.25) is 0 Å². The molecule has 0 spiro atoms. The quantitative estimate of drug-likeness (QED) is 0.237. The van der Waals surface area contributed by atoms with Crippen LogP contribution >= 0.6 is 0 Å². The maximum absolute atomic E-state index is 13.1. The zero-order valence-electron chi connectivity index (χ0n) is 19.3. The van der Waals surface area contributed by atoms with Crippen molar-refractivity contribution in [3.05, 3.63) is 51.2 Å². The predicted octanol–water partition coefficient (Wildman–Crippen LogP) is 3.49. The molecular formula is C23H28N2O8. The van der Waals surface area contributed by atoms with Crippen molar-refractivity contribution in [3.8, 4) is 0 Å². The third-order valence-corrected chi connectivity index (χ3v) is 4.94. The minimum atomic E-state index is -0.981. The van der Waals surface area contributed by atoms with E-state index in [-0.39, 0.29) is 30.9 Å². The Morgan fingerprint density at radius 2 is 1.88 bits per heavy atom. The molecule has 2 rings (SSSR count). The van der Waals surface area contributed by atoms with Crippen LogP contribution in [0.4, 0.5) is 5.69 Å². The Morgan fingerprint density at radius 3 is 2.48 bits per heavy atom. The first kappa shape index (κ1) is 25.7. The molecule has 0 aliphatic carbocycles. The fraction of sp³-hybridized carbons (Fsp3) is 0.478. The molecular weight excluding hydrogens is 432 g/mol. The lowest BCUT2D eigenvalue weighted by atomic mass is 9.75. The number of nitro benzene ring substituents is 1. The highest BCUT2D eigenvalue weighted by Crippen LogP contribution is 2.41. The molecule has 0 amide bonds. The Bertz CT molecular complexity index is 996. The van der Waals surface area contributed by atoms with Gasteiger partial charge in [0.05, 0.1) is 29.6 Å². The van der Waals surface area contributed by atoms with Gasteiger partial charge in [-0.2, -0.15) is 0 Å². The molecule has 0 radical (unpaired) electrons. The Morgan fingerprint density at radius 1 is 1.18 bits per heavy atom. The van der Waals surface area contributed by atoms with Gasteiger partial charge in [-0.1, -0.05) is 12.1 Å². The number of benzene rings is 1. The number of esters is 3.